The second-order valence-corrected chi connectivity index (χ2v) is 5.35. The standard InChI is InChI=1S/C16H10N4O4/c17-13-12-10(15(23)19-16(12)24)6-11(21)20(13)8-2-1-7-3-4-18-14(22)9(7)5-8/h1-6H,17H2,(H,18,22)(H,19,23,24). The average Bonchev–Trinajstić information content (AvgIpc) is 2.82. The van der Waals surface area contributed by atoms with Crippen LogP contribution in [0.4, 0.5) is 5.82 Å². The van der Waals surface area contributed by atoms with E-state index in [1.807, 2.05) is 0 Å². The average molecular weight is 322 g/mol. The first-order chi connectivity index (χ1) is 11.5. The molecule has 0 unspecified atom stereocenters. The predicted molar refractivity (Wildman–Crippen MR) is 86.4 cm³/mol. The third-order valence-electron chi connectivity index (χ3n) is 3.97. The minimum absolute atomic E-state index is 0.0401. The number of nitrogens with one attached hydrogen (secondary N) is 2. The molecule has 4 N–H and O–H groups in total. The van der Waals surface area contributed by atoms with Gasteiger partial charge in [0.15, 0.2) is 0 Å². The van der Waals surface area contributed by atoms with Crippen molar-refractivity contribution in [1.29, 1.82) is 0 Å². The van der Waals surface area contributed by atoms with Crippen molar-refractivity contribution < 1.29 is 9.59 Å². The SMILES string of the molecule is Nc1c2c(cc(=O)n1-c1ccc3cc[nH]c(=O)c3c1)C(=O)NC2=O. The zero-order valence-corrected chi connectivity index (χ0v) is 12.1. The number of aromatic nitrogens is 2. The monoisotopic (exact) mass is 322 g/mol. The lowest BCUT2D eigenvalue weighted by molar-refractivity contribution is 0.0880. The summed E-state index contributed by atoms with van der Waals surface area (Å²) in [5.41, 5.74) is 5.34. The summed E-state index contributed by atoms with van der Waals surface area (Å²) in [7, 11) is 0. The molecular formula is C16H10N4O4. The highest BCUT2D eigenvalue weighted by atomic mass is 16.2. The van der Waals surface area contributed by atoms with Crippen LogP contribution in [0.25, 0.3) is 16.5 Å². The van der Waals surface area contributed by atoms with Crippen LogP contribution in [0.1, 0.15) is 20.7 Å². The van der Waals surface area contributed by atoms with Gasteiger partial charge in [-0.3, -0.25) is 29.1 Å². The maximum absolute atomic E-state index is 12.4. The van der Waals surface area contributed by atoms with Gasteiger partial charge in [-0.05, 0) is 23.6 Å². The summed E-state index contributed by atoms with van der Waals surface area (Å²) in [4.78, 5) is 50.4. The van der Waals surface area contributed by atoms with E-state index in [4.69, 9.17) is 5.73 Å². The second-order valence-electron chi connectivity index (χ2n) is 5.35. The third-order valence-corrected chi connectivity index (χ3v) is 3.97. The van der Waals surface area contributed by atoms with Crippen LogP contribution in [-0.4, -0.2) is 21.4 Å². The number of nitrogen functional groups attached to an aromatic ring is 1. The largest absolute Gasteiger partial charge is 0.384 e. The predicted octanol–water partition coefficient (Wildman–Crippen LogP) is 0.145. The minimum Gasteiger partial charge on any atom is -0.384 e. The number of carbonyl (C=O) groups is 2. The molecule has 4 rings (SSSR count). The Hall–Kier alpha value is -3.68. The molecule has 0 fully saturated rings. The normalized spacial score (nSPS) is 13.2. The van der Waals surface area contributed by atoms with Gasteiger partial charge in [0.2, 0.25) is 0 Å². The lowest BCUT2D eigenvalue weighted by Crippen LogP contribution is -2.24. The molecule has 3 heterocycles. The molecule has 24 heavy (non-hydrogen) atoms. The van der Waals surface area contributed by atoms with E-state index in [-0.39, 0.29) is 22.5 Å². The van der Waals surface area contributed by atoms with E-state index in [1.54, 1.807) is 18.2 Å². The van der Waals surface area contributed by atoms with Crippen molar-refractivity contribution in [2.75, 3.05) is 5.73 Å². The van der Waals surface area contributed by atoms with Crippen LogP contribution < -0.4 is 22.2 Å². The quantitative estimate of drug-likeness (QED) is 0.549. The van der Waals surface area contributed by atoms with Crippen molar-refractivity contribution >= 4 is 28.4 Å². The van der Waals surface area contributed by atoms with Gasteiger partial charge in [0.1, 0.15) is 5.82 Å². The number of carbonyl (C=O) groups excluding carboxylic acids is 2. The lowest BCUT2D eigenvalue weighted by Gasteiger charge is -2.12. The van der Waals surface area contributed by atoms with Gasteiger partial charge in [0.05, 0.1) is 16.8 Å². The molecule has 0 bridgehead atoms. The van der Waals surface area contributed by atoms with Crippen molar-refractivity contribution in [3.8, 4) is 5.69 Å². The number of amides is 2. The Kier molecular flexibility index (Phi) is 2.71. The van der Waals surface area contributed by atoms with Crippen LogP contribution in [-0.2, 0) is 0 Å². The zero-order valence-electron chi connectivity index (χ0n) is 12.1. The molecule has 0 atom stereocenters. The van der Waals surface area contributed by atoms with Crippen LogP contribution in [0, 0.1) is 0 Å². The fraction of sp³-hybridized carbons (Fsp3) is 0. The summed E-state index contributed by atoms with van der Waals surface area (Å²) in [6.07, 6.45) is 1.52. The van der Waals surface area contributed by atoms with E-state index in [1.165, 1.54) is 12.3 Å². The summed E-state index contributed by atoms with van der Waals surface area (Å²) in [6.45, 7) is 0. The number of aromatic amines is 1. The number of benzene rings is 1. The van der Waals surface area contributed by atoms with Gasteiger partial charge in [0.25, 0.3) is 22.9 Å². The maximum atomic E-state index is 12.4. The number of imide groups is 1. The van der Waals surface area contributed by atoms with E-state index in [2.05, 4.69) is 10.3 Å². The first kappa shape index (κ1) is 13.9. The molecular weight excluding hydrogens is 312 g/mol. The van der Waals surface area contributed by atoms with Crippen LogP contribution >= 0.6 is 0 Å². The number of anilines is 1. The Morgan fingerprint density at radius 2 is 1.75 bits per heavy atom. The summed E-state index contributed by atoms with van der Waals surface area (Å²) in [5.74, 6) is -1.45. The summed E-state index contributed by atoms with van der Waals surface area (Å²) in [5, 5.41) is 3.18. The van der Waals surface area contributed by atoms with Crippen LogP contribution in [0.2, 0.25) is 0 Å². The zero-order chi connectivity index (χ0) is 17.0. The van der Waals surface area contributed by atoms with Gasteiger partial charge >= 0.3 is 0 Å². The Morgan fingerprint density at radius 1 is 0.958 bits per heavy atom. The van der Waals surface area contributed by atoms with E-state index < -0.39 is 17.4 Å². The Labute approximate surface area is 133 Å². The highest BCUT2D eigenvalue weighted by Crippen LogP contribution is 2.23. The van der Waals surface area contributed by atoms with Crippen molar-refractivity contribution in [3.63, 3.8) is 0 Å². The molecule has 0 saturated heterocycles. The summed E-state index contributed by atoms with van der Waals surface area (Å²) < 4.78 is 1.10. The lowest BCUT2D eigenvalue weighted by atomic mass is 10.1. The molecule has 2 aromatic heterocycles. The Morgan fingerprint density at radius 3 is 2.54 bits per heavy atom. The molecule has 0 radical (unpaired) electrons. The molecule has 0 saturated carbocycles. The number of hydrogen-bond donors (Lipinski definition) is 3. The van der Waals surface area contributed by atoms with Crippen molar-refractivity contribution in [1.82, 2.24) is 14.9 Å². The topological polar surface area (TPSA) is 127 Å². The number of pyridine rings is 2. The molecule has 0 spiro atoms. The minimum atomic E-state index is -0.653. The summed E-state index contributed by atoms with van der Waals surface area (Å²) >= 11 is 0. The Bertz CT molecular complexity index is 1170. The van der Waals surface area contributed by atoms with Crippen molar-refractivity contribution in [2.24, 2.45) is 0 Å². The van der Waals surface area contributed by atoms with Gasteiger partial charge < -0.3 is 10.7 Å². The number of rotatable bonds is 1. The first-order valence-electron chi connectivity index (χ1n) is 7.00. The molecule has 1 aromatic carbocycles. The van der Waals surface area contributed by atoms with Crippen molar-refractivity contribution in [2.45, 2.75) is 0 Å². The highest BCUT2D eigenvalue weighted by Gasteiger charge is 2.31. The molecule has 2 amide bonds. The van der Waals surface area contributed by atoms with E-state index in [9.17, 15) is 19.2 Å². The molecule has 8 nitrogen and oxygen atoms in total. The van der Waals surface area contributed by atoms with Crippen LogP contribution in [0.3, 0.4) is 0 Å². The molecule has 1 aliphatic rings. The van der Waals surface area contributed by atoms with Gasteiger partial charge in [-0.15, -0.1) is 0 Å². The molecule has 3 aromatic rings. The molecule has 0 aliphatic carbocycles. The summed E-state index contributed by atoms with van der Waals surface area (Å²) in [6, 6.07) is 7.57. The number of fused-ring (bicyclic) bond motifs is 2. The van der Waals surface area contributed by atoms with Gasteiger partial charge in [-0.2, -0.15) is 0 Å². The van der Waals surface area contributed by atoms with Crippen LogP contribution in [0.15, 0.2) is 46.1 Å². The first-order valence-corrected chi connectivity index (χ1v) is 7.00. The fourth-order valence-corrected chi connectivity index (χ4v) is 2.86. The number of nitrogens with zero attached hydrogens (tertiary/aromatic N) is 1. The van der Waals surface area contributed by atoms with Gasteiger partial charge in [-0.25, -0.2) is 0 Å². The Balaban J connectivity index is 2.05. The molecule has 118 valence electrons. The number of hydrogen-bond acceptors (Lipinski definition) is 5. The van der Waals surface area contributed by atoms with E-state index in [0.717, 1.165) is 10.6 Å². The van der Waals surface area contributed by atoms with Gasteiger partial charge in [0, 0.05) is 17.6 Å². The van der Waals surface area contributed by atoms with E-state index in [0.29, 0.717) is 16.5 Å². The van der Waals surface area contributed by atoms with Crippen LogP contribution in [0.5, 0.6) is 0 Å². The van der Waals surface area contributed by atoms with Crippen molar-refractivity contribution in [3.05, 3.63) is 68.4 Å². The fourth-order valence-electron chi connectivity index (χ4n) is 2.86. The third kappa shape index (κ3) is 1.80. The number of H-pyrrole nitrogens is 1. The maximum Gasteiger partial charge on any atom is 0.262 e. The second kappa shape index (κ2) is 4.66. The van der Waals surface area contributed by atoms with E-state index >= 15 is 0 Å². The molecule has 8 heteroatoms. The highest BCUT2D eigenvalue weighted by molar-refractivity contribution is 6.23. The van der Waals surface area contributed by atoms with Gasteiger partial charge in [-0.1, -0.05) is 6.07 Å². The molecule has 1 aliphatic heterocycles. The smallest absolute Gasteiger partial charge is 0.262 e. The number of nitrogens with two attached hydrogens (primary N) is 1.